The summed E-state index contributed by atoms with van der Waals surface area (Å²) < 4.78 is 6.37. The molecular formula is C20H20ClNO4S. The average molecular weight is 406 g/mol. The van der Waals surface area contributed by atoms with E-state index in [-0.39, 0.29) is 43.2 Å². The summed E-state index contributed by atoms with van der Waals surface area (Å²) in [5, 5.41) is 1.56. The van der Waals surface area contributed by atoms with Gasteiger partial charge in [0.05, 0.1) is 28.2 Å². The zero-order valence-corrected chi connectivity index (χ0v) is 16.4. The number of imide groups is 1. The molecule has 1 aliphatic carbocycles. The number of hydrogen-bond donors (Lipinski definition) is 0. The zero-order chi connectivity index (χ0) is 19.0. The summed E-state index contributed by atoms with van der Waals surface area (Å²) in [5.41, 5.74) is 0. The number of fused-ring (bicyclic) bond motifs is 2. The highest BCUT2D eigenvalue weighted by Crippen LogP contribution is 2.38. The molecule has 2 amide bonds. The molecule has 2 heterocycles. The minimum Gasteiger partial charge on any atom is -0.460 e. The molecule has 0 N–H and O–H groups in total. The van der Waals surface area contributed by atoms with E-state index >= 15 is 0 Å². The van der Waals surface area contributed by atoms with Crippen molar-refractivity contribution >= 4 is 50.8 Å². The lowest BCUT2D eigenvalue weighted by molar-refractivity contribution is -0.146. The number of halogens is 1. The highest BCUT2D eigenvalue weighted by molar-refractivity contribution is 7.19. The maximum atomic E-state index is 12.4. The van der Waals surface area contributed by atoms with E-state index in [0.717, 1.165) is 40.6 Å². The Balaban J connectivity index is 1.32. The normalized spacial score (nSPS) is 22.3. The Bertz CT molecular complexity index is 885. The third-order valence-corrected chi connectivity index (χ3v) is 7.13. The predicted octanol–water partition coefficient (Wildman–Crippen LogP) is 4.16. The van der Waals surface area contributed by atoms with Crippen LogP contribution in [0.25, 0.3) is 10.1 Å². The van der Waals surface area contributed by atoms with Gasteiger partial charge in [-0.2, -0.15) is 0 Å². The van der Waals surface area contributed by atoms with Gasteiger partial charge in [-0.15, -0.1) is 11.3 Å². The Hall–Kier alpha value is -1.92. The number of amides is 2. The van der Waals surface area contributed by atoms with E-state index in [0.29, 0.717) is 5.02 Å². The first-order valence-corrected chi connectivity index (χ1v) is 10.4. The molecule has 142 valence electrons. The molecule has 2 atom stereocenters. The van der Waals surface area contributed by atoms with Crippen molar-refractivity contribution in [1.82, 2.24) is 4.90 Å². The number of hydrogen-bond acceptors (Lipinski definition) is 5. The Morgan fingerprint density at radius 2 is 1.81 bits per heavy atom. The fraction of sp³-hybridized carbons (Fsp3) is 0.450. The summed E-state index contributed by atoms with van der Waals surface area (Å²) in [6.45, 7) is 0.202. The van der Waals surface area contributed by atoms with Crippen molar-refractivity contribution in [1.29, 1.82) is 0 Å². The van der Waals surface area contributed by atoms with Gasteiger partial charge in [0.15, 0.2) is 0 Å². The van der Waals surface area contributed by atoms with Crippen LogP contribution in [-0.4, -0.2) is 29.2 Å². The quantitative estimate of drug-likeness (QED) is 0.553. The number of benzene rings is 1. The van der Waals surface area contributed by atoms with Gasteiger partial charge in [0.1, 0.15) is 6.61 Å². The van der Waals surface area contributed by atoms with Crippen LogP contribution in [0.4, 0.5) is 0 Å². The molecule has 1 aliphatic heterocycles. The van der Waals surface area contributed by atoms with E-state index in [9.17, 15) is 14.4 Å². The Morgan fingerprint density at radius 1 is 1.15 bits per heavy atom. The van der Waals surface area contributed by atoms with E-state index in [4.69, 9.17) is 16.3 Å². The molecule has 1 aromatic carbocycles. The minimum absolute atomic E-state index is 0.0133. The third kappa shape index (κ3) is 3.48. The first-order valence-electron chi connectivity index (χ1n) is 9.23. The lowest BCUT2D eigenvalue weighted by Gasteiger charge is -2.19. The van der Waals surface area contributed by atoms with Gasteiger partial charge in [0, 0.05) is 16.6 Å². The molecule has 0 spiro atoms. The van der Waals surface area contributed by atoms with E-state index in [1.54, 1.807) is 0 Å². The SMILES string of the molecule is O=C(CCN1C(=O)[C@@H]2CCCC[C@H]2C1=O)OCc1sc2ccccc2c1Cl. The molecule has 1 saturated carbocycles. The van der Waals surface area contributed by atoms with Gasteiger partial charge in [0.25, 0.3) is 0 Å². The minimum atomic E-state index is -0.431. The van der Waals surface area contributed by atoms with Gasteiger partial charge in [0.2, 0.25) is 11.8 Å². The standard InChI is InChI=1S/C20H20ClNO4S/c21-18-14-7-3-4-8-15(14)27-16(18)11-26-17(23)9-10-22-19(24)12-5-1-2-6-13(12)20(22)25/h3-4,7-8,12-13H,1-2,5-6,9-11H2/t12-,13-/m1/s1. The van der Waals surface area contributed by atoms with Gasteiger partial charge in [-0.25, -0.2) is 0 Å². The predicted molar refractivity (Wildman–Crippen MR) is 103 cm³/mol. The lowest BCUT2D eigenvalue weighted by atomic mass is 9.81. The summed E-state index contributed by atoms with van der Waals surface area (Å²) in [4.78, 5) is 39.0. The maximum absolute atomic E-state index is 12.4. The summed E-state index contributed by atoms with van der Waals surface area (Å²) in [6, 6.07) is 7.76. The van der Waals surface area contributed by atoms with E-state index in [1.165, 1.54) is 16.2 Å². The van der Waals surface area contributed by atoms with E-state index in [1.807, 2.05) is 24.3 Å². The Morgan fingerprint density at radius 3 is 2.48 bits per heavy atom. The number of esters is 1. The summed E-state index contributed by atoms with van der Waals surface area (Å²) in [7, 11) is 0. The van der Waals surface area contributed by atoms with Gasteiger partial charge in [-0.3, -0.25) is 19.3 Å². The molecule has 27 heavy (non-hydrogen) atoms. The molecule has 7 heteroatoms. The molecule has 0 bridgehead atoms. The Labute approximate surface area is 166 Å². The van der Waals surface area contributed by atoms with Gasteiger partial charge < -0.3 is 4.74 Å². The second-order valence-corrected chi connectivity index (χ2v) is 8.59. The average Bonchev–Trinajstić information content (AvgIpc) is 3.14. The number of nitrogens with zero attached hydrogens (tertiary/aromatic N) is 1. The van der Waals surface area contributed by atoms with Crippen LogP contribution >= 0.6 is 22.9 Å². The van der Waals surface area contributed by atoms with E-state index in [2.05, 4.69) is 0 Å². The molecule has 2 aliphatic rings. The van der Waals surface area contributed by atoms with Crippen molar-refractivity contribution in [2.45, 2.75) is 38.7 Å². The van der Waals surface area contributed by atoms with Crippen LogP contribution in [0, 0.1) is 11.8 Å². The van der Waals surface area contributed by atoms with Crippen LogP contribution < -0.4 is 0 Å². The number of ether oxygens (including phenoxy) is 1. The number of likely N-dealkylation sites (tertiary alicyclic amines) is 1. The maximum Gasteiger partial charge on any atom is 0.307 e. The first kappa shape index (κ1) is 18.4. The highest BCUT2D eigenvalue weighted by atomic mass is 35.5. The van der Waals surface area contributed by atoms with Crippen LogP contribution in [0.5, 0.6) is 0 Å². The molecule has 2 fully saturated rings. The van der Waals surface area contributed by atoms with E-state index < -0.39 is 5.97 Å². The fourth-order valence-electron chi connectivity index (χ4n) is 4.03. The molecule has 4 rings (SSSR count). The lowest BCUT2D eigenvalue weighted by Crippen LogP contribution is -2.33. The van der Waals surface area contributed by atoms with Crippen LogP contribution in [0.3, 0.4) is 0 Å². The van der Waals surface area contributed by atoms with Crippen molar-refractivity contribution in [2.24, 2.45) is 11.8 Å². The van der Waals surface area contributed by atoms with Crippen molar-refractivity contribution in [2.75, 3.05) is 6.54 Å². The van der Waals surface area contributed by atoms with Crippen molar-refractivity contribution in [3.63, 3.8) is 0 Å². The molecule has 5 nitrogen and oxygen atoms in total. The molecule has 1 saturated heterocycles. The molecule has 1 aromatic heterocycles. The largest absolute Gasteiger partial charge is 0.460 e. The van der Waals surface area contributed by atoms with Crippen LogP contribution in [-0.2, 0) is 25.7 Å². The van der Waals surface area contributed by atoms with Crippen LogP contribution in [0.2, 0.25) is 5.02 Å². The number of thiophene rings is 1. The first-order chi connectivity index (χ1) is 13.1. The van der Waals surface area contributed by atoms with Gasteiger partial charge >= 0.3 is 5.97 Å². The molecular weight excluding hydrogens is 386 g/mol. The monoisotopic (exact) mass is 405 g/mol. The number of rotatable bonds is 5. The zero-order valence-electron chi connectivity index (χ0n) is 14.8. The highest BCUT2D eigenvalue weighted by Gasteiger charge is 2.47. The fourth-order valence-corrected chi connectivity index (χ4v) is 5.43. The summed E-state index contributed by atoms with van der Waals surface area (Å²) in [5.74, 6) is -1.03. The molecule has 2 aromatic rings. The molecule has 0 unspecified atom stereocenters. The van der Waals surface area contributed by atoms with Crippen LogP contribution in [0.1, 0.15) is 37.0 Å². The smallest absolute Gasteiger partial charge is 0.307 e. The van der Waals surface area contributed by atoms with Gasteiger partial charge in [-0.1, -0.05) is 42.6 Å². The number of carbonyl (C=O) groups excluding carboxylic acids is 3. The second-order valence-electron chi connectivity index (χ2n) is 7.07. The molecule has 0 radical (unpaired) electrons. The second kappa shape index (κ2) is 7.60. The van der Waals surface area contributed by atoms with Gasteiger partial charge in [-0.05, 0) is 18.9 Å². The van der Waals surface area contributed by atoms with Crippen molar-refractivity contribution in [3.8, 4) is 0 Å². The Kier molecular flexibility index (Phi) is 5.19. The van der Waals surface area contributed by atoms with Crippen molar-refractivity contribution < 1.29 is 19.1 Å². The van der Waals surface area contributed by atoms with Crippen LogP contribution in [0.15, 0.2) is 24.3 Å². The summed E-state index contributed by atoms with van der Waals surface area (Å²) >= 11 is 7.85. The number of carbonyl (C=O) groups is 3. The van der Waals surface area contributed by atoms with Crippen molar-refractivity contribution in [3.05, 3.63) is 34.2 Å². The third-order valence-electron chi connectivity index (χ3n) is 5.44. The summed E-state index contributed by atoms with van der Waals surface area (Å²) in [6.07, 6.45) is 3.55. The topological polar surface area (TPSA) is 63.7 Å².